The van der Waals surface area contributed by atoms with E-state index < -0.39 is 0 Å². The van der Waals surface area contributed by atoms with Crippen LogP contribution in [0.5, 0.6) is 0 Å². The van der Waals surface area contributed by atoms with Crippen molar-refractivity contribution in [3.8, 4) is 0 Å². The minimum atomic E-state index is 0.375. The lowest BCUT2D eigenvalue weighted by Gasteiger charge is -2.37. The fraction of sp³-hybridized carbons (Fsp3) is 0.588. The summed E-state index contributed by atoms with van der Waals surface area (Å²) in [6.45, 7) is 7.01. The standard InChI is InChI=1S/C17H25N3O/c21-17-12-15(6-7-18-13-17)14-19-8-10-20(11-9-19)16-4-2-1-3-5-16/h1-5,15,18H,6-14H2. The average molecular weight is 287 g/mol. The zero-order valence-corrected chi connectivity index (χ0v) is 12.6. The Morgan fingerprint density at radius 3 is 2.62 bits per heavy atom. The molecule has 2 aliphatic heterocycles. The molecule has 2 fully saturated rings. The first-order valence-electron chi connectivity index (χ1n) is 8.06. The summed E-state index contributed by atoms with van der Waals surface area (Å²) in [5.41, 5.74) is 1.32. The molecule has 0 amide bonds. The highest BCUT2D eigenvalue weighted by Crippen LogP contribution is 2.18. The molecule has 1 aromatic rings. The third-order valence-electron chi connectivity index (χ3n) is 4.58. The van der Waals surface area contributed by atoms with Crippen LogP contribution in [0.3, 0.4) is 0 Å². The number of anilines is 1. The SMILES string of the molecule is O=C1CNCCC(CN2CCN(c3ccccc3)CC2)C1. The van der Waals surface area contributed by atoms with Crippen LogP contribution in [0.4, 0.5) is 5.69 Å². The molecular formula is C17H25N3O. The highest BCUT2D eigenvalue weighted by Gasteiger charge is 2.23. The molecule has 0 spiro atoms. The van der Waals surface area contributed by atoms with Gasteiger partial charge in [-0.15, -0.1) is 0 Å². The van der Waals surface area contributed by atoms with Gasteiger partial charge in [0.05, 0.1) is 6.54 Å². The molecule has 4 heteroatoms. The van der Waals surface area contributed by atoms with Gasteiger partial charge in [-0.2, -0.15) is 0 Å². The molecule has 2 saturated heterocycles. The predicted molar refractivity (Wildman–Crippen MR) is 85.7 cm³/mol. The largest absolute Gasteiger partial charge is 0.369 e. The summed E-state index contributed by atoms with van der Waals surface area (Å²) < 4.78 is 0. The van der Waals surface area contributed by atoms with Gasteiger partial charge in [-0.05, 0) is 31.0 Å². The van der Waals surface area contributed by atoms with Crippen molar-refractivity contribution in [1.82, 2.24) is 10.2 Å². The molecule has 1 N–H and O–H groups in total. The normalized spacial score (nSPS) is 24.9. The van der Waals surface area contributed by atoms with Crippen LogP contribution in [-0.2, 0) is 4.79 Å². The van der Waals surface area contributed by atoms with Gasteiger partial charge in [0.1, 0.15) is 5.78 Å². The first kappa shape index (κ1) is 14.5. The number of benzene rings is 1. The number of Topliss-reactive ketones (excluding diaryl/α,β-unsaturated/α-hetero) is 1. The maximum Gasteiger partial charge on any atom is 0.146 e. The molecule has 0 aromatic heterocycles. The van der Waals surface area contributed by atoms with Crippen LogP contribution in [-0.4, -0.2) is 56.5 Å². The Balaban J connectivity index is 1.48. The van der Waals surface area contributed by atoms with Gasteiger partial charge < -0.3 is 10.2 Å². The van der Waals surface area contributed by atoms with Crippen molar-refractivity contribution < 1.29 is 4.79 Å². The van der Waals surface area contributed by atoms with Crippen LogP contribution in [0.25, 0.3) is 0 Å². The van der Waals surface area contributed by atoms with E-state index in [0.717, 1.165) is 52.1 Å². The number of hydrogen-bond donors (Lipinski definition) is 1. The third-order valence-corrected chi connectivity index (χ3v) is 4.58. The zero-order valence-electron chi connectivity index (χ0n) is 12.6. The van der Waals surface area contributed by atoms with Crippen LogP contribution >= 0.6 is 0 Å². The monoisotopic (exact) mass is 287 g/mol. The van der Waals surface area contributed by atoms with E-state index in [0.29, 0.717) is 18.2 Å². The molecule has 0 radical (unpaired) electrons. The lowest BCUT2D eigenvalue weighted by molar-refractivity contribution is -0.118. The Morgan fingerprint density at radius 2 is 1.86 bits per heavy atom. The van der Waals surface area contributed by atoms with E-state index in [1.807, 2.05) is 0 Å². The van der Waals surface area contributed by atoms with Gasteiger partial charge >= 0.3 is 0 Å². The van der Waals surface area contributed by atoms with Gasteiger partial charge in [0.15, 0.2) is 0 Å². The van der Waals surface area contributed by atoms with Gasteiger partial charge in [-0.3, -0.25) is 9.69 Å². The van der Waals surface area contributed by atoms with Gasteiger partial charge in [0, 0.05) is 44.8 Å². The fourth-order valence-electron chi connectivity index (χ4n) is 3.38. The zero-order chi connectivity index (χ0) is 14.5. The first-order chi connectivity index (χ1) is 10.3. The van der Waals surface area contributed by atoms with Crippen LogP contribution < -0.4 is 10.2 Å². The van der Waals surface area contributed by atoms with Gasteiger partial charge in [0.2, 0.25) is 0 Å². The summed E-state index contributed by atoms with van der Waals surface area (Å²) in [5, 5.41) is 3.22. The van der Waals surface area contributed by atoms with Gasteiger partial charge in [-0.25, -0.2) is 0 Å². The van der Waals surface area contributed by atoms with E-state index >= 15 is 0 Å². The molecule has 2 heterocycles. The second-order valence-corrected chi connectivity index (χ2v) is 6.20. The van der Waals surface area contributed by atoms with Crippen LogP contribution in [0, 0.1) is 5.92 Å². The highest BCUT2D eigenvalue weighted by atomic mass is 16.1. The second-order valence-electron chi connectivity index (χ2n) is 6.20. The van der Waals surface area contributed by atoms with Crippen molar-refractivity contribution in [3.05, 3.63) is 30.3 Å². The summed E-state index contributed by atoms with van der Waals surface area (Å²) >= 11 is 0. The minimum absolute atomic E-state index is 0.375. The third kappa shape index (κ3) is 4.05. The van der Waals surface area contributed by atoms with Crippen LogP contribution in [0.2, 0.25) is 0 Å². The maximum atomic E-state index is 11.7. The van der Waals surface area contributed by atoms with Crippen molar-refractivity contribution in [3.63, 3.8) is 0 Å². The van der Waals surface area contributed by atoms with Crippen molar-refractivity contribution in [2.24, 2.45) is 5.92 Å². The maximum absolute atomic E-state index is 11.7. The summed E-state index contributed by atoms with van der Waals surface area (Å²) in [5.74, 6) is 0.913. The molecule has 2 aliphatic rings. The lowest BCUT2D eigenvalue weighted by atomic mass is 9.99. The Kier molecular flexibility index (Phi) is 4.88. The molecule has 1 atom stereocenters. The fourth-order valence-corrected chi connectivity index (χ4v) is 3.38. The topological polar surface area (TPSA) is 35.6 Å². The van der Waals surface area contributed by atoms with Crippen molar-refractivity contribution in [2.45, 2.75) is 12.8 Å². The number of ketones is 1. The number of nitrogens with one attached hydrogen (secondary N) is 1. The van der Waals surface area contributed by atoms with E-state index in [4.69, 9.17) is 0 Å². The molecule has 114 valence electrons. The van der Waals surface area contributed by atoms with Crippen LogP contribution in [0.15, 0.2) is 30.3 Å². The number of rotatable bonds is 3. The first-order valence-corrected chi connectivity index (χ1v) is 8.06. The Hall–Kier alpha value is -1.39. The molecule has 3 rings (SSSR count). The summed E-state index contributed by atoms with van der Waals surface area (Å²) in [6, 6.07) is 10.6. The Morgan fingerprint density at radius 1 is 1.10 bits per heavy atom. The molecule has 4 nitrogen and oxygen atoms in total. The summed E-state index contributed by atoms with van der Waals surface area (Å²) in [6.07, 6.45) is 1.89. The number of carbonyl (C=O) groups is 1. The molecule has 0 aliphatic carbocycles. The Labute approximate surface area is 127 Å². The quantitative estimate of drug-likeness (QED) is 0.911. The second kappa shape index (κ2) is 7.05. The van der Waals surface area contributed by atoms with Gasteiger partial charge in [-0.1, -0.05) is 18.2 Å². The Bertz CT molecular complexity index is 454. The highest BCUT2D eigenvalue weighted by molar-refractivity contribution is 5.80. The van der Waals surface area contributed by atoms with Gasteiger partial charge in [0.25, 0.3) is 0 Å². The van der Waals surface area contributed by atoms with E-state index in [1.54, 1.807) is 0 Å². The van der Waals surface area contributed by atoms with E-state index in [-0.39, 0.29) is 0 Å². The van der Waals surface area contributed by atoms with Crippen molar-refractivity contribution in [2.75, 3.05) is 50.7 Å². The molecule has 0 bridgehead atoms. The number of nitrogens with zero attached hydrogens (tertiary/aromatic N) is 2. The van der Waals surface area contributed by atoms with E-state index in [2.05, 4.69) is 45.4 Å². The predicted octanol–water partition coefficient (Wildman–Crippen LogP) is 1.38. The minimum Gasteiger partial charge on any atom is -0.369 e. The van der Waals surface area contributed by atoms with E-state index in [1.165, 1.54) is 5.69 Å². The van der Waals surface area contributed by atoms with E-state index in [9.17, 15) is 4.79 Å². The molecule has 1 unspecified atom stereocenters. The van der Waals surface area contributed by atoms with Crippen molar-refractivity contribution >= 4 is 11.5 Å². The number of para-hydroxylation sites is 1. The molecular weight excluding hydrogens is 262 g/mol. The summed E-state index contributed by atoms with van der Waals surface area (Å²) in [4.78, 5) is 16.7. The molecule has 0 saturated carbocycles. The molecule has 21 heavy (non-hydrogen) atoms. The van der Waals surface area contributed by atoms with Crippen molar-refractivity contribution in [1.29, 1.82) is 0 Å². The molecule has 1 aromatic carbocycles. The average Bonchev–Trinajstić information content (AvgIpc) is 2.73. The number of carbonyl (C=O) groups excluding carboxylic acids is 1. The summed E-state index contributed by atoms with van der Waals surface area (Å²) in [7, 11) is 0. The number of hydrogen-bond acceptors (Lipinski definition) is 4. The lowest BCUT2D eigenvalue weighted by Crippen LogP contribution is -2.48. The smallest absolute Gasteiger partial charge is 0.146 e. The number of piperazine rings is 1. The van der Waals surface area contributed by atoms with Crippen LogP contribution in [0.1, 0.15) is 12.8 Å².